The largest absolute Gasteiger partial charge is 0.485 e. The number of para-hydroxylation sites is 1. The molecular formula is C19H15NO4. The van der Waals surface area contributed by atoms with Crippen LogP contribution in [0.5, 0.6) is 17.2 Å². The van der Waals surface area contributed by atoms with E-state index >= 15 is 0 Å². The first kappa shape index (κ1) is 14.5. The number of fused-ring (bicyclic) bond motifs is 1. The molecule has 2 aliphatic rings. The number of non-ortho nitro benzene ring substituents is 1. The van der Waals surface area contributed by atoms with Crippen LogP contribution in [0.25, 0.3) is 11.6 Å². The average Bonchev–Trinajstić information content (AvgIpc) is 2.75. The Kier molecular flexibility index (Phi) is 3.16. The Morgan fingerprint density at radius 2 is 2.12 bits per heavy atom. The predicted molar refractivity (Wildman–Crippen MR) is 91.5 cm³/mol. The summed E-state index contributed by atoms with van der Waals surface area (Å²) in [5.74, 6) is 1.68. The maximum atomic E-state index is 11.2. The van der Waals surface area contributed by atoms with Gasteiger partial charge in [0.15, 0.2) is 0 Å². The third-order valence-electron chi connectivity index (χ3n) is 4.31. The van der Waals surface area contributed by atoms with Crippen LogP contribution in [0.4, 0.5) is 5.69 Å². The molecule has 0 spiro atoms. The fraction of sp³-hybridized carbons (Fsp3) is 0.158. The van der Waals surface area contributed by atoms with Crippen LogP contribution in [0.1, 0.15) is 23.6 Å². The van der Waals surface area contributed by atoms with E-state index in [4.69, 9.17) is 9.47 Å². The number of allylic oxidation sites excluding steroid dienone is 1. The van der Waals surface area contributed by atoms with Gasteiger partial charge in [0.1, 0.15) is 23.4 Å². The highest BCUT2D eigenvalue weighted by Gasteiger charge is 2.34. The molecule has 0 saturated carbocycles. The van der Waals surface area contributed by atoms with Crippen LogP contribution in [0, 0.1) is 10.1 Å². The Hall–Kier alpha value is -3.08. The summed E-state index contributed by atoms with van der Waals surface area (Å²) in [5, 5.41) is 11.2. The minimum absolute atomic E-state index is 0.0400. The molecule has 0 saturated heterocycles. The smallest absolute Gasteiger partial charge is 0.276 e. The Labute approximate surface area is 139 Å². The van der Waals surface area contributed by atoms with Crippen LogP contribution in [0.2, 0.25) is 0 Å². The van der Waals surface area contributed by atoms with Crippen molar-refractivity contribution in [2.75, 3.05) is 0 Å². The lowest BCUT2D eigenvalue weighted by Gasteiger charge is -2.13. The molecule has 0 aliphatic carbocycles. The van der Waals surface area contributed by atoms with Crippen LogP contribution < -0.4 is 9.47 Å². The fourth-order valence-electron chi connectivity index (χ4n) is 3.22. The van der Waals surface area contributed by atoms with E-state index in [1.54, 1.807) is 0 Å². The molecule has 0 N–H and O–H groups in total. The third kappa shape index (κ3) is 2.09. The molecule has 2 aliphatic heterocycles. The van der Waals surface area contributed by atoms with Crippen LogP contribution in [-0.4, -0.2) is 11.0 Å². The second-order valence-electron chi connectivity index (χ2n) is 5.86. The summed E-state index contributed by atoms with van der Waals surface area (Å²) < 4.78 is 11.9. The zero-order chi connectivity index (χ0) is 16.8. The molecule has 0 amide bonds. The van der Waals surface area contributed by atoms with Gasteiger partial charge in [-0.25, -0.2) is 0 Å². The van der Waals surface area contributed by atoms with Crippen LogP contribution in [0.3, 0.4) is 0 Å². The SMILES string of the molecule is C=CCc1cccc2c1Oc1cc([N+](=O)[O-])cc3c1C(=C2)C(C)O3. The zero-order valence-electron chi connectivity index (χ0n) is 13.1. The van der Waals surface area contributed by atoms with E-state index in [1.165, 1.54) is 12.1 Å². The fourth-order valence-corrected chi connectivity index (χ4v) is 3.22. The summed E-state index contributed by atoms with van der Waals surface area (Å²) >= 11 is 0. The second kappa shape index (κ2) is 5.23. The van der Waals surface area contributed by atoms with Gasteiger partial charge in [-0.05, 0) is 25.0 Å². The van der Waals surface area contributed by atoms with Gasteiger partial charge in [0.05, 0.1) is 22.6 Å². The molecule has 0 fully saturated rings. The van der Waals surface area contributed by atoms with E-state index in [0.717, 1.165) is 22.3 Å². The van der Waals surface area contributed by atoms with E-state index in [9.17, 15) is 10.1 Å². The molecule has 120 valence electrons. The molecule has 1 unspecified atom stereocenters. The van der Waals surface area contributed by atoms with Gasteiger partial charge in [-0.3, -0.25) is 10.1 Å². The van der Waals surface area contributed by atoms with E-state index in [-0.39, 0.29) is 11.8 Å². The van der Waals surface area contributed by atoms with Crippen molar-refractivity contribution in [3.8, 4) is 17.2 Å². The van der Waals surface area contributed by atoms with Crippen molar-refractivity contribution in [3.05, 3.63) is 69.8 Å². The first-order chi connectivity index (χ1) is 11.6. The Bertz CT molecular complexity index is 914. The number of benzene rings is 2. The number of ether oxygens (including phenoxy) is 2. The van der Waals surface area contributed by atoms with Gasteiger partial charge in [-0.15, -0.1) is 6.58 Å². The van der Waals surface area contributed by atoms with Crippen molar-refractivity contribution in [1.82, 2.24) is 0 Å². The Morgan fingerprint density at radius 3 is 2.88 bits per heavy atom. The van der Waals surface area contributed by atoms with Gasteiger partial charge in [-0.2, -0.15) is 0 Å². The summed E-state index contributed by atoms with van der Waals surface area (Å²) in [6.45, 7) is 5.71. The van der Waals surface area contributed by atoms with E-state index < -0.39 is 4.92 Å². The molecular weight excluding hydrogens is 306 g/mol. The first-order valence-corrected chi connectivity index (χ1v) is 7.70. The van der Waals surface area contributed by atoms with Crippen molar-refractivity contribution in [1.29, 1.82) is 0 Å². The van der Waals surface area contributed by atoms with Gasteiger partial charge in [0, 0.05) is 11.1 Å². The average molecular weight is 321 g/mol. The lowest BCUT2D eigenvalue weighted by Crippen LogP contribution is -2.05. The lowest BCUT2D eigenvalue weighted by molar-refractivity contribution is -0.385. The number of nitro benzene ring substituents is 1. The number of hydrogen-bond donors (Lipinski definition) is 0. The maximum Gasteiger partial charge on any atom is 0.276 e. The number of hydrogen-bond acceptors (Lipinski definition) is 4. The van der Waals surface area contributed by atoms with Crippen LogP contribution in [-0.2, 0) is 6.42 Å². The molecule has 2 heterocycles. The van der Waals surface area contributed by atoms with Gasteiger partial charge < -0.3 is 9.47 Å². The van der Waals surface area contributed by atoms with Crippen LogP contribution >= 0.6 is 0 Å². The van der Waals surface area contributed by atoms with Gasteiger partial charge >= 0.3 is 0 Å². The summed E-state index contributed by atoms with van der Waals surface area (Å²) in [6, 6.07) is 8.84. The standard InChI is InChI=1S/C19H15NO4/c1-3-5-12-6-4-7-13-8-15-11(2)23-16-9-14(20(21)22)10-17(18(15)16)24-19(12)13/h3-4,6-11H,1,5H2,2H3. The highest BCUT2D eigenvalue weighted by Crippen LogP contribution is 2.50. The number of rotatable bonds is 3. The van der Waals surface area contributed by atoms with Crippen LogP contribution in [0.15, 0.2) is 43.0 Å². The molecule has 5 nitrogen and oxygen atoms in total. The van der Waals surface area contributed by atoms with Gasteiger partial charge in [0.25, 0.3) is 5.69 Å². The molecule has 0 radical (unpaired) electrons. The minimum Gasteiger partial charge on any atom is -0.485 e. The van der Waals surface area contributed by atoms with Crippen molar-refractivity contribution in [3.63, 3.8) is 0 Å². The van der Waals surface area contributed by atoms with Crippen molar-refractivity contribution in [2.24, 2.45) is 0 Å². The summed E-state index contributed by atoms with van der Waals surface area (Å²) in [7, 11) is 0. The van der Waals surface area contributed by atoms with Gasteiger partial charge in [-0.1, -0.05) is 24.3 Å². The predicted octanol–water partition coefficient (Wildman–Crippen LogP) is 4.75. The summed E-state index contributed by atoms with van der Waals surface area (Å²) in [6.07, 6.45) is 4.33. The van der Waals surface area contributed by atoms with E-state index in [1.807, 2.05) is 37.3 Å². The monoisotopic (exact) mass is 321 g/mol. The maximum absolute atomic E-state index is 11.2. The van der Waals surface area contributed by atoms with E-state index in [2.05, 4.69) is 6.58 Å². The topological polar surface area (TPSA) is 61.6 Å². The third-order valence-corrected chi connectivity index (χ3v) is 4.31. The van der Waals surface area contributed by atoms with Crippen molar-refractivity contribution >= 4 is 17.3 Å². The Morgan fingerprint density at radius 1 is 1.33 bits per heavy atom. The minimum atomic E-state index is -0.433. The lowest BCUT2D eigenvalue weighted by atomic mass is 9.99. The van der Waals surface area contributed by atoms with Gasteiger partial charge in [0.2, 0.25) is 0 Å². The molecule has 2 aromatic rings. The quantitative estimate of drug-likeness (QED) is 0.465. The van der Waals surface area contributed by atoms with Crippen molar-refractivity contribution < 1.29 is 14.4 Å². The summed E-state index contributed by atoms with van der Waals surface area (Å²) in [5.41, 5.74) is 3.67. The van der Waals surface area contributed by atoms with Crippen molar-refractivity contribution in [2.45, 2.75) is 19.4 Å². The molecule has 1 atom stereocenters. The molecule has 2 aromatic carbocycles. The molecule has 5 heteroatoms. The van der Waals surface area contributed by atoms with E-state index in [0.29, 0.717) is 23.7 Å². The molecule has 4 rings (SSSR count). The molecule has 0 bridgehead atoms. The highest BCUT2D eigenvalue weighted by molar-refractivity contribution is 5.94. The molecule has 24 heavy (non-hydrogen) atoms. The normalized spacial score (nSPS) is 16.9. The Balaban J connectivity index is 1.98. The highest BCUT2D eigenvalue weighted by atomic mass is 16.6. The number of nitro groups is 1. The number of nitrogens with zero attached hydrogens (tertiary/aromatic N) is 1. The molecule has 0 aromatic heterocycles. The second-order valence-corrected chi connectivity index (χ2v) is 5.86. The first-order valence-electron chi connectivity index (χ1n) is 7.70. The summed E-state index contributed by atoms with van der Waals surface area (Å²) in [4.78, 5) is 10.8. The zero-order valence-corrected chi connectivity index (χ0v) is 13.1.